The van der Waals surface area contributed by atoms with Crippen molar-refractivity contribution in [1.29, 1.82) is 0 Å². The Balaban J connectivity index is 3.24. The lowest BCUT2D eigenvalue weighted by Gasteiger charge is -2.12. The number of hydrogen-bond donors (Lipinski definition) is 1. The molecule has 0 heterocycles. The standard InChI is InChI=1S/C9H6BrF3O3/c1-4(14)16-6-3-2-5(9(11,12)13)7(10)8(6)15/h2-3,15H,1H3. The molecule has 1 rings (SSSR count). The summed E-state index contributed by atoms with van der Waals surface area (Å²) in [7, 11) is 0. The van der Waals surface area contributed by atoms with Crippen LogP contribution in [0.25, 0.3) is 0 Å². The molecular weight excluding hydrogens is 293 g/mol. The second-order valence-electron chi connectivity index (χ2n) is 2.87. The fraction of sp³-hybridized carbons (Fsp3) is 0.222. The molecule has 0 fully saturated rings. The highest BCUT2D eigenvalue weighted by atomic mass is 79.9. The molecule has 0 aromatic heterocycles. The molecule has 0 aliphatic carbocycles. The van der Waals surface area contributed by atoms with Crippen molar-refractivity contribution in [3.05, 3.63) is 22.2 Å². The van der Waals surface area contributed by atoms with Gasteiger partial charge in [0, 0.05) is 6.92 Å². The number of phenols is 1. The largest absolute Gasteiger partial charge is 0.503 e. The topological polar surface area (TPSA) is 46.5 Å². The molecule has 0 aliphatic heterocycles. The molecule has 0 bridgehead atoms. The van der Waals surface area contributed by atoms with Crippen molar-refractivity contribution in [2.75, 3.05) is 0 Å². The summed E-state index contributed by atoms with van der Waals surface area (Å²) < 4.78 is 41.1. The summed E-state index contributed by atoms with van der Waals surface area (Å²) in [6.07, 6.45) is -4.59. The zero-order valence-electron chi connectivity index (χ0n) is 7.93. The van der Waals surface area contributed by atoms with Gasteiger partial charge in [-0.15, -0.1) is 0 Å². The van der Waals surface area contributed by atoms with Crippen LogP contribution < -0.4 is 4.74 Å². The number of carbonyl (C=O) groups excluding carboxylic acids is 1. The van der Waals surface area contributed by atoms with Gasteiger partial charge in [0.05, 0.1) is 10.0 Å². The second-order valence-corrected chi connectivity index (χ2v) is 3.66. The SMILES string of the molecule is CC(=O)Oc1ccc(C(F)(F)F)c(Br)c1O. The maximum atomic E-state index is 12.4. The quantitative estimate of drug-likeness (QED) is 0.640. The molecule has 0 amide bonds. The highest BCUT2D eigenvalue weighted by Gasteiger charge is 2.34. The molecule has 1 aromatic carbocycles. The lowest BCUT2D eigenvalue weighted by atomic mass is 10.2. The number of halogens is 4. The van der Waals surface area contributed by atoms with Crippen LogP contribution in [-0.2, 0) is 11.0 Å². The first-order chi connectivity index (χ1) is 7.23. The van der Waals surface area contributed by atoms with Crippen LogP contribution in [-0.4, -0.2) is 11.1 Å². The molecule has 16 heavy (non-hydrogen) atoms. The minimum atomic E-state index is -4.59. The summed E-state index contributed by atoms with van der Waals surface area (Å²) in [5, 5.41) is 9.37. The van der Waals surface area contributed by atoms with E-state index in [4.69, 9.17) is 0 Å². The second kappa shape index (κ2) is 4.32. The summed E-state index contributed by atoms with van der Waals surface area (Å²) in [6.45, 7) is 1.07. The van der Waals surface area contributed by atoms with E-state index in [-0.39, 0.29) is 5.75 Å². The van der Waals surface area contributed by atoms with Crippen LogP contribution in [0.1, 0.15) is 12.5 Å². The normalized spacial score (nSPS) is 11.3. The van der Waals surface area contributed by atoms with Crippen LogP contribution in [0.2, 0.25) is 0 Å². The molecule has 0 saturated heterocycles. The number of ether oxygens (including phenoxy) is 1. The zero-order valence-corrected chi connectivity index (χ0v) is 9.52. The predicted molar refractivity (Wildman–Crippen MR) is 52.1 cm³/mol. The molecule has 0 saturated carbocycles. The Morgan fingerprint density at radius 2 is 2.00 bits per heavy atom. The number of hydrogen-bond acceptors (Lipinski definition) is 3. The van der Waals surface area contributed by atoms with Crippen LogP contribution in [0.15, 0.2) is 16.6 Å². The first kappa shape index (κ1) is 12.8. The smallest absolute Gasteiger partial charge is 0.417 e. The number of alkyl halides is 3. The van der Waals surface area contributed by atoms with Gasteiger partial charge < -0.3 is 9.84 Å². The maximum absolute atomic E-state index is 12.4. The molecule has 0 spiro atoms. The van der Waals surface area contributed by atoms with Gasteiger partial charge in [0.25, 0.3) is 0 Å². The summed E-state index contributed by atoms with van der Waals surface area (Å²) in [5.74, 6) is -1.82. The van der Waals surface area contributed by atoms with Crippen LogP contribution in [0, 0.1) is 0 Å². The Labute approximate surface area is 97.0 Å². The third-order valence-electron chi connectivity index (χ3n) is 1.64. The van der Waals surface area contributed by atoms with Gasteiger partial charge in [-0.3, -0.25) is 4.79 Å². The van der Waals surface area contributed by atoms with E-state index in [1.807, 2.05) is 0 Å². The highest BCUT2D eigenvalue weighted by Crippen LogP contribution is 2.43. The van der Waals surface area contributed by atoms with Crippen molar-refractivity contribution >= 4 is 21.9 Å². The molecule has 1 aromatic rings. The number of rotatable bonds is 1. The minimum Gasteiger partial charge on any atom is -0.503 e. The third-order valence-corrected chi connectivity index (χ3v) is 2.44. The van der Waals surface area contributed by atoms with Crippen LogP contribution in [0.3, 0.4) is 0 Å². The van der Waals surface area contributed by atoms with E-state index in [0.717, 1.165) is 13.0 Å². The van der Waals surface area contributed by atoms with Gasteiger partial charge >= 0.3 is 12.1 Å². The molecule has 1 N–H and O–H groups in total. The van der Waals surface area contributed by atoms with Crippen LogP contribution in [0.4, 0.5) is 13.2 Å². The van der Waals surface area contributed by atoms with Gasteiger partial charge in [-0.1, -0.05) is 0 Å². The summed E-state index contributed by atoms with van der Waals surface area (Å²) in [5.41, 5.74) is -1.04. The van der Waals surface area contributed by atoms with E-state index < -0.39 is 27.9 Å². The summed E-state index contributed by atoms with van der Waals surface area (Å²) in [6, 6.07) is 1.59. The number of aromatic hydroxyl groups is 1. The van der Waals surface area contributed by atoms with Crippen molar-refractivity contribution < 1.29 is 27.8 Å². The predicted octanol–water partition coefficient (Wildman–Crippen LogP) is 3.10. The van der Waals surface area contributed by atoms with Crippen molar-refractivity contribution in [2.24, 2.45) is 0 Å². The highest BCUT2D eigenvalue weighted by molar-refractivity contribution is 9.10. The zero-order chi connectivity index (χ0) is 12.5. The molecular formula is C9H6BrF3O3. The van der Waals surface area contributed by atoms with E-state index in [9.17, 15) is 23.1 Å². The van der Waals surface area contributed by atoms with Crippen LogP contribution >= 0.6 is 15.9 Å². The summed E-state index contributed by atoms with van der Waals surface area (Å²) in [4.78, 5) is 10.6. The van der Waals surface area contributed by atoms with Gasteiger partial charge in [0.1, 0.15) is 0 Å². The van der Waals surface area contributed by atoms with Gasteiger partial charge in [0.15, 0.2) is 11.5 Å². The fourth-order valence-electron chi connectivity index (χ4n) is 1.00. The number of carbonyl (C=O) groups is 1. The maximum Gasteiger partial charge on any atom is 0.417 e. The molecule has 88 valence electrons. The molecule has 3 nitrogen and oxygen atoms in total. The Hall–Kier alpha value is -1.24. The molecule has 0 unspecified atom stereocenters. The average Bonchev–Trinajstić information content (AvgIpc) is 2.10. The molecule has 0 atom stereocenters. The average molecular weight is 299 g/mol. The minimum absolute atomic E-state index is 0.327. The molecule has 0 radical (unpaired) electrons. The van der Waals surface area contributed by atoms with Crippen molar-refractivity contribution in [3.63, 3.8) is 0 Å². The molecule has 0 aliphatic rings. The fourth-order valence-corrected chi connectivity index (χ4v) is 1.56. The first-order valence-corrected chi connectivity index (χ1v) is 4.80. The van der Waals surface area contributed by atoms with Gasteiger partial charge in [-0.25, -0.2) is 0 Å². The molecule has 7 heteroatoms. The van der Waals surface area contributed by atoms with Crippen molar-refractivity contribution in [3.8, 4) is 11.5 Å². The third kappa shape index (κ3) is 2.66. The van der Waals surface area contributed by atoms with Crippen molar-refractivity contribution in [1.82, 2.24) is 0 Å². The van der Waals surface area contributed by atoms with Gasteiger partial charge in [-0.2, -0.15) is 13.2 Å². The van der Waals surface area contributed by atoms with Crippen LogP contribution in [0.5, 0.6) is 11.5 Å². The number of esters is 1. The first-order valence-electron chi connectivity index (χ1n) is 4.00. The van der Waals surface area contributed by atoms with Gasteiger partial charge in [0.2, 0.25) is 0 Å². The van der Waals surface area contributed by atoms with E-state index in [1.165, 1.54) is 0 Å². The Morgan fingerprint density at radius 3 is 2.44 bits per heavy atom. The number of benzene rings is 1. The van der Waals surface area contributed by atoms with E-state index >= 15 is 0 Å². The lowest BCUT2D eigenvalue weighted by molar-refractivity contribution is -0.138. The Morgan fingerprint density at radius 1 is 1.44 bits per heavy atom. The van der Waals surface area contributed by atoms with E-state index in [2.05, 4.69) is 20.7 Å². The Bertz CT molecular complexity index is 429. The Kier molecular flexibility index (Phi) is 3.47. The monoisotopic (exact) mass is 298 g/mol. The van der Waals surface area contributed by atoms with Crippen molar-refractivity contribution in [2.45, 2.75) is 13.1 Å². The summed E-state index contributed by atoms with van der Waals surface area (Å²) >= 11 is 2.60. The van der Waals surface area contributed by atoms with E-state index in [1.54, 1.807) is 0 Å². The van der Waals surface area contributed by atoms with Gasteiger partial charge in [-0.05, 0) is 28.1 Å². The van der Waals surface area contributed by atoms with E-state index in [0.29, 0.717) is 6.07 Å². The lowest BCUT2D eigenvalue weighted by Crippen LogP contribution is -2.07. The number of phenolic OH excluding ortho intramolecular Hbond substituents is 1.